The quantitative estimate of drug-likeness (QED) is 0.761. The van der Waals surface area contributed by atoms with Gasteiger partial charge in [0.05, 0.1) is 19.9 Å². The van der Waals surface area contributed by atoms with Crippen LogP contribution in [0.1, 0.15) is 13.8 Å². The van der Waals surface area contributed by atoms with Gasteiger partial charge in [-0.25, -0.2) is 4.98 Å². The summed E-state index contributed by atoms with van der Waals surface area (Å²) < 4.78 is 10.3. The Bertz CT molecular complexity index is 347. The molecule has 0 aromatic carbocycles. The minimum Gasteiger partial charge on any atom is -0.467 e. The monoisotopic (exact) mass is 259 g/mol. The Balaban J connectivity index is 2.35. The average Bonchev–Trinajstić information content (AvgIpc) is 2.30. The first-order chi connectivity index (χ1) is 8.13. The Morgan fingerprint density at radius 1 is 1.47 bits per heavy atom. The van der Waals surface area contributed by atoms with Crippen molar-refractivity contribution in [3.63, 3.8) is 0 Å². The number of halogens is 1. The normalized spacial score (nSPS) is 10.6. The second-order valence-electron chi connectivity index (χ2n) is 3.95. The zero-order valence-corrected chi connectivity index (χ0v) is 11.1. The van der Waals surface area contributed by atoms with E-state index in [-0.39, 0.29) is 0 Å². The molecular formula is C11H18ClN3O2. The Morgan fingerprint density at radius 2 is 2.24 bits per heavy atom. The van der Waals surface area contributed by atoms with Gasteiger partial charge in [-0.3, -0.25) is 0 Å². The molecule has 0 saturated heterocycles. The maximum Gasteiger partial charge on any atom is 0.318 e. The van der Waals surface area contributed by atoms with Crippen molar-refractivity contribution in [2.24, 2.45) is 5.92 Å². The highest BCUT2D eigenvalue weighted by molar-refractivity contribution is 6.32. The Hall–Kier alpha value is -1.07. The van der Waals surface area contributed by atoms with Crippen LogP contribution in [0.4, 0.5) is 5.82 Å². The fourth-order valence-electron chi connectivity index (χ4n) is 1.13. The standard InChI is InChI=1S/C11H18ClN3O2/c1-8(2)7-17-5-4-13-10-9(12)6-14-11(15-10)16-3/h6,8H,4-5,7H2,1-3H3,(H,13,14,15). The van der Waals surface area contributed by atoms with Gasteiger partial charge >= 0.3 is 6.01 Å². The molecule has 0 spiro atoms. The first-order valence-corrected chi connectivity index (χ1v) is 5.89. The number of rotatable bonds is 7. The van der Waals surface area contributed by atoms with Crippen molar-refractivity contribution in [1.29, 1.82) is 0 Å². The van der Waals surface area contributed by atoms with Crippen LogP contribution in [0.3, 0.4) is 0 Å². The van der Waals surface area contributed by atoms with Crippen LogP contribution in [-0.2, 0) is 4.74 Å². The van der Waals surface area contributed by atoms with Crippen LogP contribution in [0.2, 0.25) is 5.02 Å². The topological polar surface area (TPSA) is 56.3 Å². The summed E-state index contributed by atoms with van der Waals surface area (Å²) in [5.41, 5.74) is 0. The van der Waals surface area contributed by atoms with Gasteiger partial charge in [-0.1, -0.05) is 25.4 Å². The van der Waals surface area contributed by atoms with Gasteiger partial charge < -0.3 is 14.8 Å². The Labute approximate surface area is 107 Å². The van der Waals surface area contributed by atoms with Crippen molar-refractivity contribution in [1.82, 2.24) is 9.97 Å². The molecule has 17 heavy (non-hydrogen) atoms. The minimum atomic E-state index is 0.292. The summed E-state index contributed by atoms with van der Waals surface area (Å²) in [5.74, 6) is 1.10. The molecule has 1 N–H and O–H groups in total. The van der Waals surface area contributed by atoms with Gasteiger partial charge in [-0.2, -0.15) is 4.98 Å². The molecule has 0 aliphatic heterocycles. The zero-order chi connectivity index (χ0) is 12.7. The van der Waals surface area contributed by atoms with E-state index < -0.39 is 0 Å². The number of anilines is 1. The first-order valence-electron chi connectivity index (χ1n) is 5.51. The Morgan fingerprint density at radius 3 is 2.88 bits per heavy atom. The number of aromatic nitrogens is 2. The molecule has 1 heterocycles. The molecule has 96 valence electrons. The lowest BCUT2D eigenvalue weighted by Gasteiger charge is -2.09. The molecule has 0 bridgehead atoms. The summed E-state index contributed by atoms with van der Waals surface area (Å²) in [6, 6.07) is 0.292. The van der Waals surface area contributed by atoms with Crippen LogP contribution in [0.5, 0.6) is 6.01 Å². The van der Waals surface area contributed by atoms with E-state index in [9.17, 15) is 0 Å². The van der Waals surface area contributed by atoms with E-state index in [1.807, 2.05) is 0 Å². The van der Waals surface area contributed by atoms with E-state index in [2.05, 4.69) is 29.1 Å². The molecule has 0 amide bonds. The van der Waals surface area contributed by atoms with Crippen molar-refractivity contribution >= 4 is 17.4 Å². The predicted octanol–water partition coefficient (Wildman–Crippen LogP) is 2.22. The van der Waals surface area contributed by atoms with Crippen molar-refractivity contribution in [2.75, 3.05) is 32.2 Å². The van der Waals surface area contributed by atoms with Gasteiger partial charge in [0.2, 0.25) is 0 Å². The third-order valence-electron chi connectivity index (χ3n) is 1.89. The fourth-order valence-corrected chi connectivity index (χ4v) is 1.29. The number of ether oxygens (including phenoxy) is 2. The smallest absolute Gasteiger partial charge is 0.318 e. The molecule has 0 aliphatic rings. The van der Waals surface area contributed by atoms with Gasteiger partial charge in [-0.05, 0) is 5.92 Å². The van der Waals surface area contributed by atoms with E-state index >= 15 is 0 Å². The highest BCUT2D eigenvalue weighted by Crippen LogP contribution is 2.19. The SMILES string of the molecule is COc1ncc(Cl)c(NCCOCC(C)C)n1. The van der Waals surface area contributed by atoms with Gasteiger partial charge in [-0.15, -0.1) is 0 Å². The molecule has 1 aromatic heterocycles. The van der Waals surface area contributed by atoms with Crippen molar-refractivity contribution in [2.45, 2.75) is 13.8 Å². The molecule has 0 saturated carbocycles. The summed E-state index contributed by atoms with van der Waals surface area (Å²) in [6.45, 7) is 6.23. The molecule has 0 aliphatic carbocycles. The third kappa shape index (κ3) is 5.19. The van der Waals surface area contributed by atoms with E-state index in [4.69, 9.17) is 21.1 Å². The number of hydrogen-bond donors (Lipinski definition) is 1. The van der Waals surface area contributed by atoms with Gasteiger partial charge in [0.15, 0.2) is 5.82 Å². The highest BCUT2D eigenvalue weighted by Gasteiger charge is 2.04. The van der Waals surface area contributed by atoms with E-state index in [0.717, 1.165) is 6.61 Å². The number of nitrogens with zero attached hydrogens (tertiary/aromatic N) is 2. The zero-order valence-electron chi connectivity index (χ0n) is 10.4. The average molecular weight is 260 g/mol. The van der Waals surface area contributed by atoms with Crippen molar-refractivity contribution < 1.29 is 9.47 Å². The summed E-state index contributed by atoms with van der Waals surface area (Å²) >= 11 is 5.93. The Kier molecular flexibility index (Phi) is 6.00. The molecule has 0 radical (unpaired) electrons. The van der Waals surface area contributed by atoms with Crippen LogP contribution in [0, 0.1) is 5.92 Å². The number of methoxy groups -OCH3 is 1. The third-order valence-corrected chi connectivity index (χ3v) is 2.17. The predicted molar refractivity (Wildman–Crippen MR) is 67.7 cm³/mol. The van der Waals surface area contributed by atoms with E-state index in [1.165, 1.54) is 13.3 Å². The fraction of sp³-hybridized carbons (Fsp3) is 0.636. The molecular weight excluding hydrogens is 242 g/mol. The maximum absolute atomic E-state index is 5.93. The van der Waals surface area contributed by atoms with Gasteiger partial charge in [0, 0.05) is 13.2 Å². The molecule has 0 atom stereocenters. The van der Waals surface area contributed by atoms with Gasteiger partial charge in [0.1, 0.15) is 5.02 Å². The molecule has 0 fully saturated rings. The molecule has 6 heteroatoms. The van der Waals surface area contributed by atoms with Crippen molar-refractivity contribution in [3.05, 3.63) is 11.2 Å². The lowest BCUT2D eigenvalue weighted by Crippen LogP contribution is -2.13. The van der Waals surface area contributed by atoms with Crippen LogP contribution < -0.4 is 10.1 Å². The van der Waals surface area contributed by atoms with Crippen molar-refractivity contribution in [3.8, 4) is 6.01 Å². The first kappa shape index (κ1) is 14.0. The number of hydrogen-bond acceptors (Lipinski definition) is 5. The minimum absolute atomic E-state index is 0.292. The summed E-state index contributed by atoms with van der Waals surface area (Å²) in [4.78, 5) is 7.98. The summed E-state index contributed by atoms with van der Waals surface area (Å²) in [5, 5.41) is 3.54. The van der Waals surface area contributed by atoms with Crippen LogP contribution >= 0.6 is 11.6 Å². The molecule has 0 unspecified atom stereocenters. The van der Waals surface area contributed by atoms with Crippen LogP contribution in [0.25, 0.3) is 0 Å². The van der Waals surface area contributed by atoms with Crippen LogP contribution in [0.15, 0.2) is 6.20 Å². The lowest BCUT2D eigenvalue weighted by molar-refractivity contribution is 0.118. The largest absolute Gasteiger partial charge is 0.467 e. The summed E-state index contributed by atoms with van der Waals surface area (Å²) in [7, 11) is 1.51. The van der Waals surface area contributed by atoms with E-state index in [0.29, 0.717) is 35.9 Å². The van der Waals surface area contributed by atoms with E-state index in [1.54, 1.807) is 0 Å². The lowest BCUT2D eigenvalue weighted by atomic mass is 10.2. The molecule has 1 aromatic rings. The van der Waals surface area contributed by atoms with Gasteiger partial charge in [0.25, 0.3) is 0 Å². The van der Waals surface area contributed by atoms with Crippen LogP contribution in [-0.4, -0.2) is 36.8 Å². The summed E-state index contributed by atoms with van der Waals surface area (Å²) in [6.07, 6.45) is 1.50. The maximum atomic E-state index is 5.93. The second-order valence-corrected chi connectivity index (χ2v) is 4.36. The number of nitrogens with one attached hydrogen (secondary N) is 1. The second kappa shape index (κ2) is 7.29. The molecule has 1 rings (SSSR count). The highest BCUT2D eigenvalue weighted by atomic mass is 35.5. The molecule has 5 nitrogen and oxygen atoms in total.